The number of hydrogen-bond donors (Lipinski definition) is 0. The summed E-state index contributed by atoms with van der Waals surface area (Å²) in [4.78, 5) is 10.7. The van der Waals surface area contributed by atoms with E-state index in [0.29, 0.717) is 5.56 Å². The molecule has 1 rings (SSSR count). The number of halogens is 1. The van der Waals surface area contributed by atoms with Crippen LogP contribution in [-0.4, -0.2) is 21.3 Å². The van der Waals surface area contributed by atoms with Crippen molar-refractivity contribution in [1.29, 1.82) is 0 Å². The Morgan fingerprint density at radius 3 is 2.64 bits per heavy atom. The van der Waals surface area contributed by atoms with Crippen LogP contribution in [0.1, 0.15) is 15.9 Å². The first-order valence-corrected chi connectivity index (χ1v) is 4.42. The summed E-state index contributed by atoms with van der Waals surface area (Å²) in [7, 11) is 0. The van der Waals surface area contributed by atoms with Gasteiger partial charge in [0.25, 0.3) is 0 Å². The molecule has 0 saturated heterocycles. The van der Waals surface area contributed by atoms with Crippen LogP contribution in [-0.2, 0) is 0 Å². The normalized spacial score (nSPS) is 9.73. The van der Waals surface area contributed by atoms with E-state index in [1.807, 2.05) is 19.1 Å². The molecule has 0 N–H and O–H groups in total. The van der Waals surface area contributed by atoms with Crippen LogP contribution in [0.3, 0.4) is 0 Å². The zero-order valence-corrected chi connectivity index (χ0v) is 8.60. The van der Waals surface area contributed by atoms with Crippen LogP contribution in [0.5, 0.6) is 0 Å². The molecule has 0 bridgehead atoms. The first-order chi connectivity index (χ1) is 5.11. The van der Waals surface area contributed by atoms with Gasteiger partial charge in [-0.1, -0.05) is 0 Å². The van der Waals surface area contributed by atoms with E-state index in [9.17, 15) is 4.79 Å². The van der Waals surface area contributed by atoms with Crippen molar-refractivity contribution in [2.45, 2.75) is 6.92 Å². The van der Waals surface area contributed by atoms with Gasteiger partial charge in [0.2, 0.25) is 0 Å². The monoisotopic (exact) mass is 234 g/mol. The zero-order valence-electron chi connectivity index (χ0n) is 5.97. The van der Waals surface area contributed by atoms with Crippen molar-refractivity contribution < 1.29 is 4.79 Å². The van der Waals surface area contributed by atoms with Gasteiger partial charge in [-0.3, -0.25) is 0 Å². The Balaban J connectivity index is 3.20. The Labute approximate surface area is 78.6 Å². The number of benzene rings is 1. The standard InChI is InChI=1S/C8H7ClOSe/c1-5-2-3-6(8(9)10)7(11)4-5/h2-4,11H,1H3. The molecule has 0 heterocycles. The van der Waals surface area contributed by atoms with Gasteiger partial charge in [0.1, 0.15) is 0 Å². The quantitative estimate of drug-likeness (QED) is 0.520. The van der Waals surface area contributed by atoms with Gasteiger partial charge in [-0.05, 0) is 0 Å². The maximum atomic E-state index is 10.7. The first kappa shape index (κ1) is 8.79. The summed E-state index contributed by atoms with van der Waals surface area (Å²) in [6, 6.07) is 5.51. The number of carbonyl (C=O) groups is 1. The van der Waals surface area contributed by atoms with Crippen LogP contribution in [0.25, 0.3) is 0 Å². The van der Waals surface area contributed by atoms with Crippen molar-refractivity contribution in [1.82, 2.24) is 0 Å². The second-order valence-electron chi connectivity index (χ2n) is 2.29. The van der Waals surface area contributed by atoms with Crippen molar-refractivity contribution in [3.05, 3.63) is 29.3 Å². The van der Waals surface area contributed by atoms with E-state index in [2.05, 4.69) is 16.0 Å². The minimum atomic E-state index is -0.402. The molecular weight excluding hydrogens is 226 g/mol. The predicted molar refractivity (Wildman–Crippen MR) is 48.1 cm³/mol. The van der Waals surface area contributed by atoms with E-state index in [1.54, 1.807) is 6.07 Å². The molecule has 1 aromatic rings. The summed E-state index contributed by atoms with van der Waals surface area (Å²) in [5.41, 5.74) is 1.69. The molecule has 0 atom stereocenters. The molecule has 0 fully saturated rings. The fourth-order valence-corrected chi connectivity index (χ4v) is 1.91. The van der Waals surface area contributed by atoms with Gasteiger partial charge in [-0.2, -0.15) is 0 Å². The van der Waals surface area contributed by atoms with E-state index in [1.165, 1.54) is 0 Å². The third-order valence-electron chi connectivity index (χ3n) is 1.36. The van der Waals surface area contributed by atoms with Crippen LogP contribution in [0.4, 0.5) is 0 Å². The van der Waals surface area contributed by atoms with Crippen LogP contribution in [0.2, 0.25) is 0 Å². The SMILES string of the molecule is Cc1ccc(C(=O)Cl)c([SeH])c1. The number of rotatable bonds is 1. The second kappa shape index (κ2) is 3.40. The maximum absolute atomic E-state index is 10.7. The van der Waals surface area contributed by atoms with Gasteiger partial charge >= 0.3 is 78.4 Å². The van der Waals surface area contributed by atoms with Gasteiger partial charge < -0.3 is 0 Å². The number of hydrogen-bond acceptors (Lipinski definition) is 1. The zero-order chi connectivity index (χ0) is 8.43. The predicted octanol–water partition coefficient (Wildman–Crippen LogP) is 0.900. The number of carbonyl (C=O) groups excluding carboxylic acids is 1. The summed E-state index contributed by atoms with van der Waals surface area (Å²) in [5, 5.41) is -0.402. The Morgan fingerprint density at radius 2 is 2.18 bits per heavy atom. The molecule has 1 nitrogen and oxygen atoms in total. The summed E-state index contributed by atoms with van der Waals surface area (Å²) in [6.45, 7) is 1.97. The average molecular weight is 234 g/mol. The topological polar surface area (TPSA) is 17.1 Å². The molecule has 3 heteroatoms. The summed E-state index contributed by atoms with van der Waals surface area (Å²) < 4.78 is 0.873. The Bertz CT molecular complexity index is 296. The van der Waals surface area contributed by atoms with Crippen LogP contribution in [0.15, 0.2) is 18.2 Å². The fourth-order valence-electron chi connectivity index (χ4n) is 0.808. The molecule has 0 radical (unpaired) electrons. The third-order valence-corrected chi connectivity index (χ3v) is 2.34. The third kappa shape index (κ3) is 2.06. The molecule has 1 aromatic carbocycles. The average Bonchev–Trinajstić information content (AvgIpc) is 1.85. The second-order valence-corrected chi connectivity index (χ2v) is 3.65. The van der Waals surface area contributed by atoms with Gasteiger partial charge in [-0.25, -0.2) is 0 Å². The summed E-state index contributed by atoms with van der Waals surface area (Å²) in [6.07, 6.45) is 0. The van der Waals surface area contributed by atoms with Crippen molar-refractivity contribution in [3.63, 3.8) is 0 Å². The Hall–Kier alpha value is -0.301. The molecule has 0 unspecified atom stereocenters. The van der Waals surface area contributed by atoms with Gasteiger partial charge in [0, 0.05) is 0 Å². The molecule has 58 valence electrons. The van der Waals surface area contributed by atoms with Crippen molar-refractivity contribution in [2.75, 3.05) is 0 Å². The molecule has 0 aliphatic heterocycles. The van der Waals surface area contributed by atoms with Crippen LogP contribution >= 0.6 is 11.6 Å². The molecule has 0 spiro atoms. The minimum absolute atomic E-state index is 0.402. The van der Waals surface area contributed by atoms with E-state index in [-0.39, 0.29) is 0 Å². The number of aryl methyl sites for hydroxylation is 1. The van der Waals surface area contributed by atoms with E-state index >= 15 is 0 Å². The van der Waals surface area contributed by atoms with Crippen LogP contribution in [0, 0.1) is 6.92 Å². The van der Waals surface area contributed by atoms with E-state index < -0.39 is 5.24 Å². The summed E-state index contributed by atoms with van der Waals surface area (Å²) in [5.74, 6) is 0. The van der Waals surface area contributed by atoms with Gasteiger partial charge in [0.05, 0.1) is 0 Å². The molecule has 0 amide bonds. The van der Waals surface area contributed by atoms with Gasteiger partial charge in [0.15, 0.2) is 0 Å². The van der Waals surface area contributed by atoms with E-state index in [4.69, 9.17) is 11.6 Å². The molecule has 11 heavy (non-hydrogen) atoms. The van der Waals surface area contributed by atoms with Crippen LogP contribution < -0.4 is 4.46 Å². The van der Waals surface area contributed by atoms with Gasteiger partial charge in [-0.15, -0.1) is 0 Å². The molecule has 0 aliphatic carbocycles. The molecule has 0 aromatic heterocycles. The van der Waals surface area contributed by atoms with Crippen molar-refractivity contribution in [3.8, 4) is 0 Å². The van der Waals surface area contributed by atoms with E-state index in [0.717, 1.165) is 10.0 Å². The molecule has 0 aliphatic rings. The Kier molecular flexibility index (Phi) is 2.72. The first-order valence-electron chi connectivity index (χ1n) is 3.10. The molecular formula is C8H7ClOSe. The van der Waals surface area contributed by atoms with Crippen molar-refractivity contribution >= 4 is 37.3 Å². The Morgan fingerprint density at radius 1 is 1.55 bits per heavy atom. The fraction of sp³-hybridized carbons (Fsp3) is 0.125. The molecule has 0 saturated carbocycles. The summed E-state index contributed by atoms with van der Waals surface area (Å²) >= 11 is 7.64. The van der Waals surface area contributed by atoms with Crippen molar-refractivity contribution in [2.24, 2.45) is 0 Å².